The molecule has 0 fully saturated rings. The van der Waals surface area contributed by atoms with Crippen LogP contribution in [0.2, 0.25) is 5.02 Å². The first-order chi connectivity index (χ1) is 12.5. The van der Waals surface area contributed by atoms with Crippen LogP contribution in [0, 0.1) is 12.7 Å². The molecule has 1 aromatic heterocycles. The summed E-state index contributed by atoms with van der Waals surface area (Å²) < 4.78 is 18.9. The van der Waals surface area contributed by atoms with Gasteiger partial charge in [-0.2, -0.15) is 0 Å². The van der Waals surface area contributed by atoms with E-state index in [2.05, 4.69) is 20.6 Å². The van der Waals surface area contributed by atoms with E-state index < -0.39 is 5.82 Å². The lowest BCUT2D eigenvalue weighted by molar-refractivity contribution is 0.342. The highest BCUT2D eigenvalue weighted by molar-refractivity contribution is 6.31. The lowest BCUT2D eigenvalue weighted by Gasteiger charge is -2.13. The van der Waals surface area contributed by atoms with Crippen molar-refractivity contribution >= 4 is 34.6 Å². The van der Waals surface area contributed by atoms with Crippen LogP contribution in [0.3, 0.4) is 0 Å². The Morgan fingerprint density at radius 2 is 1.77 bits per heavy atom. The number of aryl methyl sites for hydroxylation is 1. The molecule has 0 saturated carbocycles. The monoisotopic (exact) mass is 372 g/mol. The molecule has 0 spiro atoms. The number of hydrogen-bond acceptors (Lipinski definition) is 5. The zero-order valence-corrected chi connectivity index (χ0v) is 15.1. The molecule has 1 heterocycles. The normalized spacial score (nSPS) is 10.5. The van der Waals surface area contributed by atoms with E-state index in [1.807, 2.05) is 31.2 Å². The van der Waals surface area contributed by atoms with Gasteiger partial charge >= 0.3 is 0 Å². The van der Waals surface area contributed by atoms with Gasteiger partial charge in [0.2, 0.25) is 0 Å². The Morgan fingerprint density at radius 3 is 2.50 bits per heavy atom. The van der Waals surface area contributed by atoms with E-state index in [0.717, 1.165) is 11.4 Å². The minimum atomic E-state index is -0.467. The first-order valence-corrected chi connectivity index (χ1v) is 8.49. The Hall–Kier alpha value is -2.86. The summed E-state index contributed by atoms with van der Waals surface area (Å²) in [5.74, 6) is 2.04. The number of nitrogens with one attached hydrogen (secondary N) is 2. The van der Waals surface area contributed by atoms with Gasteiger partial charge in [-0.15, -0.1) is 0 Å². The topological polar surface area (TPSA) is 59.1 Å². The molecule has 134 valence electrons. The van der Waals surface area contributed by atoms with Crippen molar-refractivity contribution in [1.29, 1.82) is 0 Å². The molecule has 5 nitrogen and oxygen atoms in total. The van der Waals surface area contributed by atoms with Gasteiger partial charge in [-0.25, -0.2) is 14.4 Å². The molecule has 2 N–H and O–H groups in total. The van der Waals surface area contributed by atoms with E-state index in [4.69, 9.17) is 16.3 Å². The maximum atomic E-state index is 13.3. The van der Waals surface area contributed by atoms with Crippen LogP contribution in [0.1, 0.15) is 12.7 Å². The first kappa shape index (κ1) is 17.9. The van der Waals surface area contributed by atoms with Crippen LogP contribution in [0.25, 0.3) is 0 Å². The molecule has 0 aliphatic carbocycles. The number of halogens is 2. The molecular formula is C19H18ClFN4O. The first-order valence-electron chi connectivity index (χ1n) is 8.12. The minimum absolute atomic E-state index is 0.0461. The molecule has 7 heteroatoms. The summed E-state index contributed by atoms with van der Waals surface area (Å²) in [6.07, 6.45) is 0. The molecule has 3 aromatic rings. The number of rotatable bonds is 6. The van der Waals surface area contributed by atoms with Gasteiger partial charge in [-0.1, -0.05) is 23.7 Å². The molecule has 26 heavy (non-hydrogen) atoms. The van der Waals surface area contributed by atoms with Gasteiger partial charge in [0, 0.05) is 11.8 Å². The van der Waals surface area contributed by atoms with E-state index >= 15 is 0 Å². The Bertz CT molecular complexity index is 920. The Morgan fingerprint density at radius 1 is 1.04 bits per heavy atom. The molecule has 0 saturated heterocycles. The van der Waals surface area contributed by atoms with Crippen molar-refractivity contribution in [3.8, 4) is 5.75 Å². The summed E-state index contributed by atoms with van der Waals surface area (Å²) in [5, 5.41) is 6.39. The van der Waals surface area contributed by atoms with Gasteiger partial charge in [0.05, 0.1) is 17.3 Å². The van der Waals surface area contributed by atoms with E-state index in [1.54, 1.807) is 19.1 Å². The van der Waals surface area contributed by atoms with Crippen molar-refractivity contribution in [2.75, 3.05) is 17.2 Å². The Kier molecular flexibility index (Phi) is 5.53. The average molecular weight is 373 g/mol. The molecule has 0 amide bonds. The van der Waals surface area contributed by atoms with Crippen molar-refractivity contribution in [2.45, 2.75) is 13.8 Å². The fraction of sp³-hybridized carbons (Fsp3) is 0.158. The molecule has 0 aliphatic heterocycles. The molecule has 0 unspecified atom stereocenters. The van der Waals surface area contributed by atoms with E-state index in [-0.39, 0.29) is 5.02 Å². The third-order valence-electron chi connectivity index (χ3n) is 3.48. The molecule has 0 radical (unpaired) electrons. The van der Waals surface area contributed by atoms with Gasteiger partial charge < -0.3 is 15.4 Å². The van der Waals surface area contributed by atoms with Crippen molar-refractivity contribution in [2.24, 2.45) is 0 Å². The highest BCUT2D eigenvalue weighted by Crippen LogP contribution is 2.28. The van der Waals surface area contributed by atoms with E-state index in [0.29, 0.717) is 29.8 Å². The summed E-state index contributed by atoms with van der Waals surface area (Å²) in [6.45, 7) is 4.30. The number of benzene rings is 2. The van der Waals surface area contributed by atoms with Crippen LogP contribution >= 0.6 is 11.6 Å². The number of nitrogens with zero attached hydrogens (tertiary/aromatic N) is 2. The predicted molar refractivity (Wildman–Crippen MR) is 102 cm³/mol. The second kappa shape index (κ2) is 8.01. The zero-order chi connectivity index (χ0) is 18.5. The van der Waals surface area contributed by atoms with E-state index in [1.165, 1.54) is 12.1 Å². The van der Waals surface area contributed by atoms with Gasteiger partial charge in [-0.3, -0.25) is 0 Å². The summed E-state index contributed by atoms with van der Waals surface area (Å²) in [6, 6.07) is 13.8. The zero-order valence-electron chi connectivity index (χ0n) is 14.4. The summed E-state index contributed by atoms with van der Waals surface area (Å²) in [4.78, 5) is 8.75. The van der Waals surface area contributed by atoms with Crippen LogP contribution in [0.4, 0.5) is 27.4 Å². The molecular weight excluding hydrogens is 355 g/mol. The highest BCUT2D eigenvalue weighted by Gasteiger charge is 2.08. The molecule has 0 aliphatic rings. The largest absolute Gasteiger partial charge is 0.492 e. The fourth-order valence-electron chi connectivity index (χ4n) is 2.41. The van der Waals surface area contributed by atoms with Crippen LogP contribution in [-0.4, -0.2) is 16.6 Å². The Balaban J connectivity index is 1.85. The molecule has 2 aromatic carbocycles. The van der Waals surface area contributed by atoms with Crippen molar-refractivity contribution in [1.82, 2.24) is 9.97 Å². The summed E-state index contributed by atoms with van der Waals surface area (Å²) in [7, 11) is 0. The number of aromatic nitrogens is 2. The second-order valence-corrected chi connectivity index (χ2v) is 5.90. The van der Waals surface area contributed by atoms with Gasteiger partial charge in [0.15, 0.2) is 0 Å². The second-order valence-electron chi connectivity index (χ2n) is 5.49. The van der Waals surface area contributed by atoms with Crippen molar-refractivity contribution in [3.63, 3.8) is 0 Å². The minimum Gasteiger partial charge on any atom is -0.492 e. The third-order valence-corrected chi connectivity index (χ3v) is 3.77. The maximum Gasteiger partial charge on any atom is 0.142 e. The summed E-state index contributed by atoms with van der Waals surface area (Å²) in [5.41, 5.74) is 1.44. The Labute approximate surface area is 156 Å². The van der Waals surface area contributed by atoms with Crippen LogP contribution in [0.5, 0.6) is 5.75 Å². The lowest BCUT2D eigenvalue weighted by atomic mass is 10.3. The maximum absolute atomic E-state index is 13.3. The van der Waals surface area contributed by atoms with Crippen LogP contribution < -0.4 is 15.4 Å². The predicted octanol–water partition coefficient (Wildman–Crippen LogP) is 5.46. The SMILES string of the molecule is CCOc1ccccc1Nc1cc(Nc2ccc(F)c(Cl)c2)nc(C)n1. The van der Waals surface area contributed by atoms with Gasteiger partial charge in [0.25, 0.3) is 0 Å². The summed E-state index contributed by atoms with van der Waals surface area (Å²) >= 11 is 5.82. The van der Waals surface area contributed by atoms with Crippen molar-refractivity contribution in [3.05, 3.63) is 65.2 Å². The number of hydrogen-bond donors (Lipinski definition) is 2. The quantitative estimate of drug-likeness (QED) is 0.601. The molecule has 0 bridgehead atoms. The number of para-hydroxylation sites is 2. The van der Waals surface area contributed by atoms with Crippen LogP contribution in [0.15, 0.2) is 48.5 Å². The van der Waals surface area contributed by atoms with Gasteiger partial charge in [0.1, 0.15) is 29.0 Å². The molecule has 3 rings (SSSR count). The van der Waals surface area contributed by atoms with Gasteiger partial charge in [-0.05, 0) is 44.2 Å². The van der Waals surface area contributed by atoms with Crippen LogP contribution in [-0.2, 0) is 0 Å². The lowest BCUT2D eigenvalue weighted by Crippen LogP contribution is -2.03. The fourth-order valence-corrected chi connectivity index (χ4v) is 2.59. The van der Waals surface area contributed by atoms with Crippen molar-refractivity contribution < 1.29 is 9.13 Å². The number of anilines is 4. The van der Waals surface area contributed by atoms with E-state index in [9.17, 15) is 4.39 Å². The standard InChI is InChI=1S/C19H18ClFN4O/c1-3-26-17-7-5-4-6-16(17)25-19-11-18(22-12(2)23-19)24-13-8-9-15(21)14(20)10-13/h4-11H,3H2,1-2H3,(H2,22,23,24,25). The third kappa shape index (κ3) is 4.40. The number of ether oxygens (including phenoxy) is 1. The smallest absolute Gasteiger partial charge is 0.142 e. The average Bonchev–Trinajstić information content (AvgIpc) is 2.60. The highest BCUT2D eigenvalue weighted by atomic mass is 35.5. The molecule has 0 atom stereocenters.